The molecule has 8 nitrogen and oxygen atoms in total. The number of aromatic nitrogens is 3. The summed E-state index contributed by atoms with van der Waals surface area (Å²) in [6, 6.07) is 7.60. The van der Waals surface area contributed by atoms with Crippen molar-refractivity contribution < 1.29 is 9.53 Å². The fraction of sp³-hybridized carbons (Fsp3) is 0.526. The van der Waals surface area contributed by atoms with Crippen molar-refractivity contribution in [3.63, 3.8) is 0 Å². The first-order valence-electron chi connectivity index (χ1n) is 9.30. The number of rotatable bonds is 7. The van der Waals surface area contributed by atoms with Gasteiger partial charge >= 0.3 is 0 Å². The maximum atomic E-state index is 12.5. The third kappa shape index (κ3) is 5.27. The summed E-state index contributed by atoms with van der Waals surface area (Å²) in [7, 11) is 1.64. The Bertz CT molecular complexity index is 754. The molecule has 2 heterocycles. The van der Waals surface area contributed by atoms with Gasteiger partial charge in [-0.1, -0.05) is 12.1 Å². The molecule has 2 N–H and O–H groups in total. The van der Waals surface area contributed by atoms with Gasteiger partial charge in [-0.15, -0.1) is 0 Å². The highest BCUT2D eigenvalue weighted by Gasteiger charge is 2.25. The quantitative estimate of drug-likeness (QED) is 0.752. The molecule has 0 aliphatic carbocycles. The lowest BCUT2D eigenvalue weighted by atomic mass is 10.2. The minimum Gasteiger partial charge on any atom is -0.497 e. The number of aryl methyl sites for hydroxylation is 1. The molecular formula is C19H28N6O2. The highest BCUT2D eigenvalue weighted by atomic mass is 16.5. The molecule has 3 rings (SSSR count). The number of ether oxygens (including phenoxy) is 1. The number of aromatic amines is 1. The SMILES string of the molecule is COc1cccc(CNC(=O)[C@@H](C)N2CCN(Cc3n[nH]c(C)n3)CC2)c1. The molecule has 1 saturated heterocycles. The van der Waals surface area contributed by atoms with Crippen molar-refractivity contribution in [1.82, 2.24) is 30.3 Å². The lowest BCUT2D eigenvalue weighted by molar-refractivity contribution is -0.126. The first-order valence-corrected chi connectivity index (χ1v) is 9.30. The van der Waals surface area contributed by atoms with Crippen molar-refractivity contribution in [2.45, 2.75) is 33.0 Å². The van der Waals surface area contributed by atoms with Crippen LogP contribution in [-0.4, -0.2) is 70.2 Å². The van der Waals surface area contributed by atoms with Gasteiger partial charge in [-0.3, -0.25) is 19.7 Å². The summed E-state index contributed by atoms with van der Waals surface area (Å²) in [4.78, 5) is 21.4. The predicted molar refractivity (Wildman–Crippen MR) is 102 cm³/mol. The van der Waals surface area contributed by atoms with Crippen molar-refractivity contribution >= 4 is 5.91 Å². The van der Waals surface area contributed by atoms with Gasteiger partial charge in [-0.05, 0) is 31.5 Å². The number of piperazine rings is 1. The van der Waals surface area contributed by atoms with Gasteiger partial charge in [0.1, 0.15) is 11.6 Å². The van der Waals surface area contributed by atoms with Crippen LogP contribution in [0.25, 0.3) is 0 Å². The molecule has 1 fully saturated rings. The second-order valence-electron chi connectivity index (χ2n) is 6.89. The Morgan fingerprint density at radius 1 is 1.33 bits per heavy atom. The number of nitrogens with one attached hydrogen (secondary N) is 2. The van der Waals surface area contributed by atoms with E-state index in [4.69, 9.17) is 4.74 Å². The number of methoxy groups -OCH3 is 1. The summed E-state index contributed by atoms with van der Waals surface area (Å²) < 4.78 is 5.22. The molecule has 1 amide bonds. The minimum atomic E-state index is -0.150. The van der Waals surface area contributed by atoms with Crippen molar-refractivity contribution in [3.8, 4) is 5.75 Å². The molecule has 1 aromatic heterocycles. The molecular weight excluding hydrogens is 344 g/mol. The summed E-state index contributed by atoms with van der Waals surface area (Å²) in [5.41, 5.74) is 1.03. The van der Waals surface area contributed by atoms with E-state index in [-0.39, 0.29) is 11.9 Å². The molecule has 0 bridgehead atoms. The average Bonchev–Trinajstić information content (AvgIpc) is 3.11. The van der Waals surface area contributed by atoms with Crippen molar-refractivity contribution in [1.29, 1.82) is 0 Å². The molecule has 1 atom stereocenters. The lowest BCUT2D eigenvalue weighted by Gasteiger charge is -2.37. The highest BCUT2D eigenvalue weighted by Crippen LogP contribution is 2.13. The predicted octanol–water partition coefficient (Wildman–Crippen LogP) is 0.944. The molecule has 0 unspecified atom stereocenters. The van der Waals surface area contributed by atoms with E-state index in [1.165, 1.54) is 0 Å². The van der Waals surface area contributed by atoms with Crippen LogP contribution in [0.2, 0.25) is 0 Å². The minimum absolute atomic E-state index is 0.0517. The fourth-order valence-electron chi connectivity index (χ4n) is 3.25. The molecule has 1 aliphatic heterocycles. The lowest BCUT2D eigenvalue weighted by Crippen LogP contribution is -2.53. The van der Waals surface area contributed by atoms with Crippen LogP contribution in [-0.2, 0) is 17.9 Å². The van der Waals surface area contributed by atoms with Gasteiger partial charge < -0.3 is 10.1 Å². The second kappa shape index (κ2) is 8.96. The van der Waals surface area contributed by atoms with Crippen molar-refractivity contribution in [3.05, 3.63) is 41.5 Å². The van der Waals surface area contributed by atoms with Gasteiger partial charge in [-0.25, -0.2) is 4.98 Å². The average molecular weight is 372 g/mol. The van der Waals surface area contributed by atoms with Gasteiger partial charge in [0.25, 0.3) is 0 Å². The van der Waals surface area contributed by atoms with E-state index in [1.807, 2.05) is 38.1 Å². The van der Waals surface area contributed by atoms with E-state index < -0.39 is 0 Å². The molecule has 1 aliphatic rings. The van der Waals surface area contributed by atoms with Gasteiger partial charge in [0.15, 0.2) is 5.82 Å². The fourth-order valence-corrected chi connectivity index (χ4v) is 3.25. The van der Waals surface area contributed by atoms with Gasteiger partial charge in [-0.2, -0.15) is 5.10 Å². The van der Waals surface area contributed by atoms with Crippen LogP contribution in [0, 0.1) is 6.92 Å². The number of carbonyl (C=O) groups excluding carboxylic acids is 1. The van der Waals surface area contributed by atoms with Gasteiger partial charge in [0, 0.05) is 32.7 Å². The molecule has 0 saturated carbocycles. The zero-order chi connectivity index (χ0) is 19.2. The number of carbonyl (C=O) groups is 1. The summed E-state index contributed by atoms with van der Waals surface area (Å²) in [6.45, 7) is 8.64. The van der Waals surface area contributed by atoms with Gasteiger partial charge in [0.05, 0.1) is 19.7 Å². The standard InChI is InChI=1S/C19H28N6O2/c1-14(19(26)20-12-16-5-4-6-17(11-16)27-3)25-9-7-24(8-10-25)13-18-21-15(2)22-23-18/h4-6,11,14H,7-10,12-13H2,1-3H3,(H,20,26)(H,21,22,23)/t14-/m1/s1. The first kappa shape index (κ1) is 19.3. The molecule has 0 radical (unpaired) electrons. The zero-order valence-electron chi connectivity index (χ0n) is 16.2. The third-order valence-electron chi connectivity index (χ3n) is 4.94. The monoisotopic (exact) mass is 372 g/mol. The Hall–Kier alpha value is -2.45. The van der Waals surface area contributed by atoms with E-state index in [0.717, 1.165) is 55.7 Å². The molecule has 2 aromatic rings. The normalized spacial score (nSPS) is 16.9. The molecule has 146 valence electrons. The van der Waals surface area contributed by atoms with Crippen LogP contribution in [0.4, 0.5) is 0 Å². The first-order chi connectivity index (χ1) is 13.0. The summed E-state index contributed by atoms with van der Waals surface area (Å²) in [5, 5.41) is 10.1. The van der Waals surface area contributed by atoms with E-state index in [9.17, 15) is 4.79 Å². The van der Waals surface area contributed by atoms with Crippen LogP contribution in [0.3, 0.4) is 0 Å². The van der Waals surface area contributed by atoms with Crippen molar-refractivity contribution in [2.75, 3.05) is 33.3 Å². The largest absolute Gasteiger partial charge is 0.497 e. The van der Waals surface area contributed by atoms with E-state index >= 15 is 0 Å². The third-order valence-corrected chi connectivity index (χ3v) is 4.94. The van der Waals surface area contributed by atoms with Crippen LogP contribution >= 0.6 is 0 Å². The second-order valence-corrected chi connectivity index (χ2v) is 6.89. The number of hydrogen-bond acceptors (Lipinski definition) is 6. The maximum Gasteiger partial charge on any atom is 0.237 e. The maximum absolute atomic E-state index is 12.5. The number of nitrogens with zero attached hydrogens (tertiary/aromatic N) is 4. The summed E-state index contributed by atoms with van der Waals surface area (Å²) >= 11 is 0. The van der Waals surface area contributed by atoms with Gasteiger partial charge in [0.2, 0.25) is 5.91 Å². The Kier molecular flexibility index (Phi) is 6.41. The molecule has 1 aromatic carbocycles. The van der Waals surface area contributed by atoms with Crippen LogP contribution < -0.4 is 10.1 Å². The van der Waals surface area contributed by atoms with E-state index in [2.05, 4.69) is 30.3 Å². The van der Waals surface area contributed by atoms with Crippen LogP contribution in [0.1, 0.15) is 24.1 Å². The zero-order valence-corrected chi connectivity index (χ0v) is 16.2. The van der Waals surface area contributed by atoms with Crippen LogP contribution in [0.15, 0.2) is 24.3 Å². The molecule has 0 spiro atoms. The Labute approximate surface area is 159 Å². The van der Waals surface area contributed by atoms with Crippen molar-refractivity contribution in [2.24, 2.45) is 0 Å². The summed E-state index contributed by atoms with van der Waals surface area (Å²) in [6.07, 6.45) is 0. The van der Waals surface area contributed by atoms with Crippen LogP contribution in [0.5, 0.6) is 5.75 Å². The highest BCUT2D eigenvalue weighted by molar-refractivity contribution is 5.81. The summed E-state index contributed by atoms with van der Waals surface area (Å²) in [5.74, 6) is 2.51. The number of benzene rings is 1. The molecule has 8 heteroatoms. The topological polar surface area (TPSA) is 86.4 Å². The van der Waals surface area contributed by atoms with E-state index in [0.29, 0.717) is 6.54 Å². The Balaban J connectivity index is 1.43. The van der Waals surface area contributed by atoms with E-state index in [1.54, 1.807) is 7.11 Å². The number of amides is 1. The molecule has 27 heavy (non-hydrogen) atoms. The Morgan fingerprint density at radius 3 is 2.78 bits per heavy atom. The Morgan fingerprint density at radius 2 is 2.11 bits per heavy atom. The number of H-pyrrole nitrogens is 1. The number of hydrogen-bond donors (Lipinski definition) is 2. The smallest absolute Gasteiger partial charge is 0.237 e.